The third-order valence-electron chi connectivity index (χ3n) is 4.19. The molecule has 1 aromatic heterocycles. The standard InChI is InChI=1S/C21H23N3O4/c1-14-7-5-10-18(11-14)27-15(2)21(25)24(3)13-19-22-20(23-28-19)16-8-6-9-17(12-16)26-4/h5-12,15H,13H2,1-4H3/t15-/m0/s1. The first kappa shape index (κ1) is 19.4. The summed E-state index contributed by atoms with van der Waals surface area (Å²) in [5, 5.41) is 3.99. The zero-order valence-electron chi connectivity index (χ0n) is 16.4. The van der Waals surface area contributed by atoms with E-state index in [4.69, 9.17) is 14.0 Å². The summed E-state index contributed by atoms with van der Waals surface area (Å²) in [5.41, 5.74) is 1.85. The summed E-state index contributed by atoms with van der Waals surface area (Å²) in [5.74, 6) is 1.98. The average Bonchev–Trinajstić information content (AvgIpc) is 3.16. The van der Waals surface area contributed by atoms with E-state index in [2.05, 4.69) is 10.1 Å². The molecule has 7 nitrogen and oxygen atoms in total. The number of methoxy groups -OCH3 is 1. The van der Waals surface area contributed by atoms with E-state index < -0.39 is 6.10 Å². The van der Waals surface area contributed by atoms with Crippen LogP contribution in [0.2, 0.25) is 0 Å². The summed E-state index contributed by atoms with van der Waals surface area (Å²) in [4.78, 5) is 18.5. The third kappa shape index (κ3) is 4.68. The molecule has 0 unspecified atom stereocenters. The number of carbonyl (C=O) groups excluding carboxylic acids is 1. The van der Waals surface area contributed by atoms with E-state index in [1.807, 2.05) is 55.5 Å². The molecule has 146 valence electrons. The van der Waals surface area contributed by atoms with E-state index in [-0.39, 0.29) is 12.5 Å². The van der Waals surface area contributed by atoms with Crippen molar-refractivity contribution in [2.24, 2.45) is 0 Å². The van der Waals surface area contributed by atoms with Crippen LogP contribution < -0.4 is 9.47 Å². The molecule has 0 aliphatic rings. The molecule has 0 spiro atoms. The molecule has 0 fully saturated rings. The zero-order chi connectivity index (χ0) is 20.1. The zero-order valence-corrected chi connectivity index (χ0v) is 16.4. The maximum atomic E-state index is 12.6. The molecular formula is C21H23N3O4. The van der Waals surface area contributed by atoms with Gasteiger partial charge >= 0.3 is 0 Å². The van der Waals surface area contributed by atoms with Gasteiger partial charge in [0.1, 0.15) is 11.5 Å². The first-order valence-electron chi connectivity index (χ1n) is 8.91. The maximum Gasteiger partial charge on any atom is 0.263 e. The molecule has 2 aromatic carbocycles. The molecule has 0 saturated heterocycles. The third-order valence-corrected chi connectivity index (χ3v) is 4.19. The molecule has 1 heterocycles. The molecular weight excluding hydrogens is 358 g/mol. The van der Waals surface area contributed by atoms with E-state index in [1.165, 1.54) is 4.90 Å². The van der Waals surface area contributed by atoms with Gasteiger partial charge < -0.3 is 18.9 Å². The fraction of sp³-hybridized carbons (Fsp3) is 0.286. The van der Waals surface area contributed by atoms with Crippen LogP contribution in [0.15, 0.2) is 53.1 Å². The minimum atomic E-state index is -0.632. The summed E-state index contributed by atoms with van der Waals surface area (Å²) >= 11 is 0. The van der Waals surface area contributed by atoms with Crippen molar-refractivity contribution >= 4 is 5.91 Å². The smallest absolute Gasteiger partial charge is 0.263 e. The van der Waals surface area contributed by atoms with Crippen molar-refractivity contribution in [2.75, 3.05) is 14.2 Å². The van der Waals surface area contributed by atoms with Crippen LogP contribution in [0.3, 0.4) is 0 Å². The summed E-state index contributed by atoms with van der Waals surface area (Å²) in [7, 11) is 3.27. The summed E-state index contributed by atoms with van der Waals surface area (Å²) in [6.07, 6.45) is -0.632. The molecule has 0 radical (unpaired) electrons. The van der Waals surface area contributed by atoms with Gasteiger partial charge in [-0.25, -0.2) is 0 Å². The molecule has 7 heteroatoms. The van der Waals surface area contributed by atoms with Gasteiger partial charge in [0.05, 0.1) is 13.7 Å². The number of benzene rings is 2. The number of carbonyl (C=O) groups is 1. The van der Waals surface area contributed by atoms with Crippen molar-refractivity contribution < 1.29 is 18.8 Å². The highest BCUT2D eigenvalue weighted by atomic mass is 16.5. The van der Waals surface area contributed by atoms with Gasteiger partial charge in [0.2, 0.25) is 11.7 Å². The minimum absolute atomic E-state index is 0.178. The molecule has 28 heavy (non-hydrogen) atoms. The fourth-order valence-corrected chi connectivity index (χ4v) is 2.73. The molecule has 3 aromatic rings. The predicted octanol–water partition coefficient (Wildman–Crippen LogP) is 3.48. The van der Waals surface area contributed by atoms with E-state index >= 15 is 0 Å². The number of ether oxygens (including phenoxy) is 2. The quantitative estimate of drug-likeness (QED) is 0.624. The van der Waals surface area contributed by atoms with Crippen molar-refractivity contribution in [2.45, 2.75) is 26.5 Å². The molecule has 0 bridgehead atoms. The van der Waals surface area contributed by atoms with Crippen LogP contribution in [0.1, 0.15) is 18.4 Å². The molecule has 0 saturated carbocycles. The molecule has 3 rings (SSSR count). The molecule has 0 aliphatic carbocycles. The highest BCUT2D eigenvalue weighted by molar-refractivity contribution is 5.80. The van der Waals surface area contributed by atoms with Crippen molar-refractivity contribution in [1.82, 2.24) is 15.0 Å². The number of hydrogen-bond acceptors (Lipinski definition) is 6. The van der Waals surface area contributed by atoms with Crippen LogP contribution in [-0.4, -0.2) is 41.2 Å². The van der Waals surface area contributed by atoms with Crippen molar-refractivity contribution in [3.8, 4) is 22.9 Å². The Bertz CT molecular complexity index is 954. The Hall–Kier alpha value is -3.35. The predicted molar refractivity (Wildman–Crippen MR) is 104 cm³/mol. The second-order valence-corrected chi connectivity index (χ2v) is 6.51. The van der Waals surface area contributed by atoms with Gasteiger partial charge in [0.25, 0.3) is 5.91 Å². The summed E-state index contributed by atoms with van der Waals surface area (Å²) in [6, 6.07) is 15.0. The van der Waals surface area contributed by atoms with Gasteiger partial charge in [-0.05, 0) is 43.7 Å². The van der Waals surface area contributed by atoms with Crippen molar-refractivity contribution in [3.63, 3.8) is 0 Å². The van der Waals surface area contributed by atoms with Crippen molar-refractivity contribution in [1.29, 1.82) is 0 Å². The largest absolute Gasteiger partial charge is 0.497 e. The Morgan fingerprint density at radius 3 is 2.68 bits per heavy atom. The molecule has 1 atom stereocenters. The Morgan fingerprint density at radius 2 is 1.93 bits per heavy atom. The Labute approximate surface area is 163 Å². The Balaban J connectivity index is 1.63. The number of aryl methyl sites for hydroxylation is 1. The first-order valence-corrected chi connectivity index (χ1v) is 8.91. The lowest BCUT2D eigenvalue weighted by Gasteiger charge is -2.20. The molecule has 0 aliphatic heterocycles. The van der Waals surface area contributed by atoms with Crippen LogP contribution in [-0.2, 0) is 11.3 Å². The fourth-order valence-electron chi connectivity index (χ4n) is 2.73. The summed E-state index contributed by atoms with van der Waals surface area (Å²) in [6.45, 7) is 3.88. The number of rotatable bonds is 7. The Morgan fingerprint density at radius 1 is 1.18 bits per heavy atom. The van der Waals surface area contributed by atoms with Crippen LogP contribution in [0.25, 0.3) is 11.4 Å². The number of nitrogens with zero attached hydrogens (tertiary/aromatic N) is 3. The summed E-state index contributed by atoms with van der Waals surface area (Å²) < 4.78 is 16.2. The van der Waals surface area contributed by atoms with Gasteiger partial charge in [-0.1, -0.05) is 29.4 Å². The van der Waals surface area contributed by atoms with E-state index in [1.54, 1.807) is 21.1 Å². The number of likely N-dealkylation sites (N-methyl/N-ethyl adjacent to an activating group) is 1. The monoisotopic (exact) mass is 381 g/mol. The highest BCUT2D eigenvalue weighted by Crippen LogP contribution is 2.21. The van der Waals surface area contributed by atoms with Gasteiger partial charge in [0, 0.05) is 12.6 Å². The van der Waals surface area contributed by atoms with Crippen LogP contribution in [0.4, 0.5) is 0 Å². The lowest BCUT2D eigenvalue weighted by molar-refractivity contribution is -0.137. The Kier molecular flexibility index (Phi) is 5.93. The molecule has 1 amide bonds. The molecule has 0 N–H and O–H groups in total. The van der Waals surface area contributed by atoms with Crippen LogP contribution in [0.5, 0.6) is 11.5 Å². The topological polar surface area (TPSA) is 77.7 Å². The van der Waals surface area contributed by atoms with E-state index in [0.717, 1.165) is 11.1 Å². The number of aromatic nitrogens is 2. The normalized spacial score (nSPS) is 11.7. The minimum Gasteiger partial charge on any atom is -0.497 e. The lowest BCUT2D eigenvalue weighted by atomic mass is 10.2. The van der Waals surface area contributed by atoms with Gasteiger partial charge in [-0.3, -0.25) is 4.79 Å². The van der Waals surface area contributed by atoms with Gasteiger partial charge in [-0.2, -0.15) is 4.98 Å². The average molecular weight is 381 g/mol. The first-order chi connectivity index (χ1) is 13.5. The number of amides is 1. The van der Waals surface area contributed by atoms with Crippen molar-refractivity contribution in [3.05, 3.63) is 60.0 Å². The van der Waals surface area contributed by atoms with Gasteiger partial charge in [-0.15, -0.1) is 0 Å². The van der Waals surface area contributed by atoms with E-state index in [0.29, 0.717) is 23.2 Å². The van der Waals surface area contributed by atoms with Crippen LogP contribution >= 0.6 is 0 Å². The second-order valence-electron chi connectivity index (χ2n) is 6.51. The highest BCUT2D eigenvalue weighted by Gasteiger charge is 2.21. The second kappa shape index (κ2) is 8.56. The SMILES string of the molecule is COc1cccc(-c2noc(CN(C)C(=O)[C@H](C)Oc3cccc(C)c3)n2)c1. The van der Waals surface area contributed by atoms with E-state index in [9.17, 15) is 4.79 Å². The maximum absolute atomic E-state index is 12.6. The lowest BCUT2D eigenvalue weighted by Crippen LogP contribution is -2.37. The van der Waals surface area contributed by atoms with Gasteiger partial charge in [0.15, 0.2) is 6.10 Å². The number of hydrogen-bond donors (Lipinski definition) is 0. The van der Waals surface area contributed by atoms with Crippen LogP contribution in [0, 0.1) is 6.92 Å².